The first-order valence-electron chi connectivity index (χ1n) is 2.91. The molecule has 0 aromatic rings. The number of hydrogen-bond acceptors (Lipinski definition) is 3. The lowest BCUT2D eigenvalue weighted by Gasteiger charge is -2.00. The highest BCUT2D eigenvalue weighted by atomic mass is 16.1. The molecular weight excluding hydrogens is 116 g/mol. The molecule has 0 aliphatic heterocycles. The van der Waals surface area contributed by atoms with Crippen molar-refractivity contribution in [2.75, 3.05) is 14.1 Å². The fourth-order valence-corrected chi connectivity index (χ4v) is 0.271. The van der Waals surface area contributed by atoms with E-state index >= 15 is 0 Å². The molecule has 0 radical (unpaired) electrons. The van der Waals surface area contributed by atoms with E-state index in [1.165, 1.54) is 6.21 Å². The smallest absolute Gasteiger partial charge is 0.175 e. The molecule has 0 heterocycles. The van der Waals surface area contributed by atoms with Crippen molar-refractivity contribution in [2.45, 2.75) is 13.3 Å². The van der Waals surface area contributed by atoms with E-state index in [1.807, 2.05) is 6.92 Å². The van der Waals surface area contributed by atoms with Crippen LogP contribution in [0, 0.1) is 0 Å². The Balaban J connectivity index is 3.57. The quantitative estimate of drug-likeness (QED) is 0.410. The minimum absolute atomic E-state index is 0.0590. The Hall–Kier alpha value is -0.860. The largest absolute Gasteiger partial charge is 0.303 e. The summed E-state index contributed by atoms with van der Waals surface area (Å²) in [6, 6.07) is 0. The fourth-order valence-electron chi connectivity index (χ4n) is 0.271. The lowest BCUT2D eigenvalue weighted by molar-refractivity contribution is -0.112. The van der Waals surface area contributed by atoms with Gasteiger partial charge in [-0.05, 0) is 0 Å². The summed E-state index contributed by atoms with van der Waals surface area (Å²) in [5, 5.41) is 5.34. The van der Waals surface area contributed by atoms with Crippen molar-refractivity contribution in [3.05, 3.63) is 0 Å². The van der Waals surface area contributed by atoms with E-state index in [9.17, 15) is 4.79 Å². The number of rotatable bonds is 3. The molecule has 0 saturated carbocycles. The summed E-state index contributed by atoms with van der Waals surface area (Å²) in [6.45, 7) is 1.81. The highest BCUT2D eigenvalue weighted by Crippen LogP contribution is 1.77. The van der Waals surface area contributed by atoms with Crippen LogP contribution in [0.15, 0.2) is 5.10 Å². The first kappa shape index (κ1) is 8.14. The molecule has 0 atom stereocenters. The highest BCUT2D eigenvalue weighted by molar-refractivity contribution is 6.27. The molecule has 0 amide bonds. The molecule has 0 N–H and O–H groups in total. The maximum absolute atomic E-state index is 10.5. The van der Waals surface area contributed by atoms with E-state index in [-0.39, 0.29) is 5.78 Å². The van der Waals surface area contributed by atoms with Gasteiger partial charge in [0.05, 0.1) is 6.21 Å². The van der Waals surface area contributed by atoms with Gasteiger partial charge in [0.15, 0.2) is 5.78 Å². The first-order valence-corrected chi connectivity index (χ1v) is 2.91. The van der Waals surface area contributed by atoms with Crippen molar-refractivity contribution in [3.8, 4) is 0 Å². The zero-order valence-electron chi connectivity index (χ0n) is 6.09. The molecule has 0 spiro atoms. The number of carbonyl (C=O) groups is 1. The normalized spacial score (nSPS) is 10.1. The number of hydrogen-bond donors (Lipinski definition) is 0. The van der Waals surface area contributed by atoms with E-state index in [0.717, 1.165) is 0 Å². The molecule has 0 aromatic heterocycles. The molecular formula is C6H12N2O. The Morgan fingerprint density at radius 2 is 2.22 bits per heavy atom. The van der Waals surface area contributed by atoms with Gasteiger partial charge in [-0.2, -0.15) is 5.10 Å². The Bertz CT molecular complexity index is 118. The van der Waals surface area contributed by atoms with Gasteiger partial charge in [0, 0.05) is 20.5 Å². The molecule has 0 saturated heterocycles. The molecule has 9 heavy (non-hydrogen) atoms. The van der Waals surface area contributed by atoms with Gasteiger partial charge in [0.1, 0.15) is 0 Å². The van der Waals surface area contributed by atoms with E-state index < -0.39 is 0 Å². The van der Waals surface area contributed by atoms with E-state index in [2.05, 4.69) is 5.10 Å². The summed E-state index contributed by atoms with van der Waals surface area (Å²) in [7, 11) is 3.55. The molecule has 0 aliphatic rings. The number of carbonyl (C=O) groups excluding carboxylic acids is 1. The van der Waals surface area contributed by atoms with Gasteiger partial charge in [-0.25, -0.2) is 0 Å². The van der Waals surface area contributed by atoms with Crippen molar-refractivity contribution in [1.82, 2.24) is 5.01 Å². The van der Waals surface area contributed by atoms with Crippen LogP contribution >= 0.6 is 0 Å². The molecule has 3 nitrogen and oxygen atoms in total. The summed E-state index contributed by atoms with van der Waals surface area (Å²) in [6.07, 6.45) is 1.86. The average molecular weight is 128 g/mol. The third-order valence-electron chi connectivity index (χ3n) is 0.781. The topological polar surface area (TPSA) is 32.7 Å². The highest BCUT2D eigenvalue weighted by Gasteiger charge is 1.88. The summed E-state index contributed by atoms with van der Waals surface area (Å²) < 4.78 is 0. The SMILES string of the molecule is CCC(=O)C=NN(C)C. The summed E-state index contributed by atoms with van der Waals surface area (Å²) >= 11 is 0. The van der Waals surface area contributed by atoms with Gasteiger partial charge in [-0.1, -0.05) is 6.92 Å². The van der Waals surface area contributed by atoms with Crippen LogP contribution in [0.3, 0.4) is 0 Å². The second kappa shape index (κ2) is 4.06. The number of nitrogens with zero attached hydrogens (tertiary/aromatic N) is 2. The second-order valence-electron chi connectivity index (χ2n) is 1.91. The second-order valence-corrected chi connectivity index (χ2v) is 1.91. The summed E-state index contributed by atoms with van der Waals surface area (Å²) in [4.78, 5) is 10.5. The zero-order chi connectivity index (χ0) is 7.28. The van der Waals surface area contributed by atoms with Crippen LogP contribution < -0.4 is 0 Å². The number of Topliss-reactive ketones (excluding diaryl/α,β-unsaturated/α-hetero) is 1. The summed E-state index contributed by atoms with van der Waals surface area (Å²) in [5.41, 5.74) is 0. The van der Waals surface area contributed by atoms with Crippen molar-refractivity contribution >= 4 is 12.0 Å². The Kier molecular flexibility index (Phi) is 3.67. The van der Waals surface area contributed by atoms with Gasteiger partial charge in [-0.15, -0.1) is 0 Å². The van der Waals surface area contributed by atoms with Crippen LogP contribution in [0.4, 0.5) is 0 Å². The molecule has 0 rings (SSSR count). The standard InChI is InChI=1S/C6H12N2O/c1-4-6(9)5-7-8(2)3/h5H,4H2,1-3H3. The van der Waals surface area contributed by atoms with Gasteiger partial charge in [0.25, 0.3) is 0 Å². The zero-order valence-corrected chi connectivity index (χ0v) is 6.09. The van der Waals surface area contributed by atoms with Crippen LogP contribution in [0.1, 0.15) is 13.3 Å². The van der Waals surface area contributed by atoms with Crippen molar-refractivity contribution < 1.29 is 4.79 Å². The third-order valence-corrected chi connectivity index (χ3v) is 0.781. The fraction of sp³-hybridized carbons (Fsp3) is 0.667. The van der Waals surface area contributed by atoms with Crippen LogP contribution in [-0.2, 0) is 4.79 Å². The van der Waals surface area contributed by atoms with Gasteiger partial charge < -0.3 is 5.01 Å². The maximum atomic E-state index is 10.5. The van der Waals surface area contributed by atoms with Crippen molar-refractivity contribution in [3.63, 3.8) is 0 Å². The van der Waals surface area contributed by atoms with Crippen LogP contribution in [0.5, 0.6) is 0 Å². The lowest BCUT2D eigenvalue weighted by Crippen LogP contribution is -2.05. The van der Waals surface area contributed by atoms with E-state index in [1.54, 1.807) is 19.1 Å². The molecule has 0 unspecified atom stereocenters. The van der Waals surface area contributed by atoms with Gasteiger partial charge >= 0.3 is 0 Å². The predicted octanol–water partition coefficient (Wildman–Crippen LogP) is 0.513. The number of ketones is 1. The lowest BCUT2D eigenvalue weighted by atomic mass is 10.3. The third kappa shape index (κ3) is 5.00. The molecule has 3 heteroatoms. The van der Waals surface area contributed by atoms with E-state index in [0.29, 0.717) is 6.42 Å². The Morgan fingerprint density at radius 3 is 2.56 bits per heavy atom. The minimum Gasteiger partial charge on any atom is -0.303 e. The molecule has 0 aromatic carbocycles. The minimum atomic E-state index is 0.0590. The van der Waals surface area contributed by atoms with Crippen molar-refractivity contribution in [1.29, 1.82) is 0 Å². The monoisotopic (exact) mass is 128 g/mol. The Labute approximate surface area is 55.4 Å². The predicted molar refractivity (Wildman–Crippen MR) is 37.5 cm³/mol. The number of hydrazone groups is 1. The molecule has 52 valence electrons. The summed E-state index contributed by atoms with van der Waals surface area (Å²) in [5.74, 6) is 0.0590. The average Bonchev–Trinajstić information content (AvgIpc) is 1.83. The van der Waals surface area contributed by atoms with Crippen LogP contribution in [0.2, 0.25) is 0 Å². The van der Waals surface area contributed by atoms with Gasteiger partial charge in [0.2, 0.25) is 0 Å². The Morgan fingerprint density at radius 1 is 1.67 bits per heavy atom. The van der Waals surface area contributed by atoms with E-state index in [4.69, 9.17) is 0 Å². The first-order chi connectivity index (χ1) is 4.16. The molecule has 0 aliphatic carbocycles. The molecule has 0 bridgehead atoms. The maximum Gasteiger partial charge on any atom is 0.175 e. The van der Waals surface area contributed by atoms with Crippen LogP contribution in [-0.4, -0.2) is 31.1 Å². The van der Waals surface area contributed by atoms with Crippen molar-refractivity contribution in [2.24, 2.45) is 5.10 Å². The molecule has 0 fully saturated rings. The van der Waals surface area contributed by atoms with Crippen LogP contribution in [0.25, 0.3) is 0 Å². The van der Waals surface area contributed by atoms with Gasteiger partial charge in [-0.3, -0.25) is 4.79 Å².